The zero-order valence-corrected chi connectivity index (χ0v) is 12.6. The minimum absolute atomic E-state index is 0.203. The topological polar surface area (TPSA) is 54.5 Å². The maximum Gasteiger partial charge on any atom is 0.274 e. The van der Waals surface area contributed by atoms with E-state index in [1.807, 2.05) is 24.3 Å². The second-order valence-electron chi connectivity index (χ2n) is 5.28. The van der Waals surface area contributed by atoms with Gasteiger partial charge in [0.1, 0.15) is 11.4 Å². The summed E-state index contributed by atoms with van der Waals surface area (Å²) in [5.74, 6) is 0.554. The molecule has 3 rings (SSSR count). The van der Waals surface area contributed by atoms with Gasteiger partial charge in [-0.05, 0) is 49.2 Å². The number of ether oxygens (including phenoxy) is 1. The molecule has 1 aliphatic rings. The SMILES string of the molecule is COc1ccc(NC(=O)c2cc(N3CCCC3)ccn2)cc1. The molecule has 1 saturated heterocycles. The number of anilines is 2. The zero-order valence-electron chi connectivity index (χ0n) is 12.6. The van der Waals surface area contributed by atoms with E-state index >= 15 is 0 Å². The lowest BCUT2D eigenvalue weighted by Gasteiger charge is -2.17. The Morgan fingerprint density at radius 2 is 1.91 bits per heavy atom. The predicted octanol–water partition coefficient (Wildman–Crippen LogP) is 2.94. The van der Waals surface area contributed by atoms with Crippen LogP contribution in [0.3, 0.4) is 0 Å². The van der Waals surface area contributed by atoms with Crippen LogP contribution in [0.2, 0.25) is 0 Å². The predicted molar refractivity (Wildman–Crippen MR) is 86.6 cm³/mol. The number of hydrogen-bond acceptors (Lipinski definition) is 4. The van der Waals surface area contributed by atoms with Gasteiger partial charge in [-0.15, -0.1) is 0 Å². The maximum absolute atomic E-state index is 12.3. The Kier molecular flexibility index (Phi) is 4.23. The van der Waals surface area contributed by atoms with Crippen LogP contribution in [0.15, 0.2) is 42.6 Å². The van der Waals surface area contributed by atoms with Crippen molar-refractivity contribution in [1.82, 2.24) is 4.98 Å². The lowest BCUT2D eigenvalue weighted by molar-refractivity contribution is 0.102. The number of amides is 1. The number of carbonyl (C=O) groups excluding carboxylic acids is 1. The Morgan fingerprint density at radius 3 is 2.59 bits per heavy atom. The smallest absolute Gasteiger partial charge is 0.274 e. The van der Waals surface area contributed by atoms with Gasteiger partial charge in [-0.1, -0.05) is 0 Å². The Morgan fingerprint density at radius 1 is 1.18 bits per heavy atom. The summed E-state index contributed by atoms with van der Waals surface area (Å²) in [6, 6.07) is 11.0. The lowest BCUT2D eigenvalue weighted by atomic mass is 10.2. The van der Waals surface area contributed by atoms with Gasteiger partial charge in [0.05, 0.1) is 7.11 Å². The standard InChI is InChI=1S/C17H19N3O2/c1-22-15-6-4-13(5-7-15)19-17(21)16-12-14(8-9-18-16)20-10-2-3-11-20/h4-9,12H,2-3,10-11H2,1H3,(H,19,21). The molecule has 1 fully saturated rings. The molecule has 0 bridgehead atoms. The minimum atomic E-state index is -0.203. The van der Waals surface area contributed by atoms with E-state index < -0.39 is 0 Å². The molecule has 5 nitrogen and oxygen atoms in total. The number of hydrogen-bond donors (Lipinski definition) is 1. The average Bonchev–Trinajstić information content (AvgIpc) is 3.10. The summed E-state index contributed by atoms with van der Waals surface area (Å²) in [6.45, 7) is 2.09. The highest BCUT2D eigenvalue weighted by molar-refractivity contribution is 6.03. The van der Waals surface area contributed by atoms with Crippen LogP contribution < -0.4 is 15.0 Å². The van der Waals surface area contributed by atoms with Gasteiger partial charge in [0.15, 0.2) is 0 Å². The largest absolute Gasteiger partial charge is 0.497 e. The first-order chi connectivity index (χ1) is 10.8. The average molecular weight is 297 g/mol. The van der Waals surface area contributed by atoms with E-state index in [-0.39, 0.29) is 5.91 Å². The van der Waals surface area contributed by atoms with Crippen LogP contribution in [0, 0.1) is 0 Å². The molecular weight excluding hydrogens is 278 g/mol. The highest BCUT2D eigenvalue weighted by atomic mass is 16.5. The van der Waals surface area contributed by atoms with Crippen molar-refractivity contribution in [2.24, 2.45) is 0 Å². The van der Waals surface area contributed by atoms with Crippen LogP contribution in [0.5, 0.6) is 5.75 Å². The van der Waals surface area contributed by atoms with E-state index in [0.29, 0.717) is 5.69 Å². The fourth-order valence-corrected chi connectivity index (χ4v) is 2.59. The number of aromatic nitrogens is 1. The van der Waals surface area contributed by atoms with Crippen molar-refractivity contribution in [3.63, 3.8) is 0 Å². The Balaban J connectivity index is 1.72. The van der Waals surface area contributed by atoms with E-state index in [1.54, 1.807) is 25.4 Å². The molecule has 0 aliphatic carbocycles. The van der Waals surface area contributed by atoms with E-state index in [0.717, 1.165) is 30.2 Å². The van der Waals surface area contributed by atoms with Crippen LogP contribution in [-0.4, -0.2) is 31.1 Å². The normalized spacial score (nSPS) is 14.0. The lowest BCUT2D eigenvalue weighted by Crippen LogP contribution is -2.19. The van der Waals surface area contributed by atoms with Crippen LogP contribution in [0.4, 0.5) is 11.4 Å². The monoisotopic (exact) mass is 297 g/mol. The van der Waals surface area contributed by atoms with E-state index in [9.17, 15) is 4.79 Å². The van der Waals surface area contributed by atoms with Crippen molar-refractivity contribution >= 4 is 17.3 Å². The number of nitrogens with one attached hydrogen (secondary N) is 1. The molecule has 0 unspecified atom stereocenters. The van der Waals surface area contributed by atoms with Crippen molar-refractivity contribution < 1.29 is 9.53 Å². The van der Waals surface area contributed by atoms with Crippen LogP contribution in [0.25, 0.3) is 0 Å². The van der Waals surface area contributed by atoms with Crippen LogP contribution in [-0.2, 0) is 0 Å². The minimum Gasteiger partial charge on any atom is -0.497 e. The van der Waals surface area contributed by atoms with Crippen molar-refractivity contribution in [2.45, 2.75) is 12.8 Å². The second-order valence-corrected chi connectivity index (χ2v) is 5.28. The molecule has 5 heteroatoms. The molecule has 114 valence electrons. The highest BCUT2D eigenvalue weighted by Crippen LogP contribution is 2.21. The third-order valence-electron chi connectivity index (χ3n) is 3.80. The maximum atomic E-state index is 12.3. The van der Waals surface area contributed by atoms with Crippen LogP contribution in [0.1, 0.15) is 23.3 Å². The molecule has 1 N–H and O–H groups in total. The summed E-state index contributed by atoms with van der Waals surface area (Å²) in [7, 11) is 1.61. The van der Waals surface area contributed by atoms with Gasteiger partial charge in [-0.25, -0.2) is 0 Å². The fraction of sp³-hybridized carbons (Fsp3) is 0.294. The molecule has 2 aromatic rings. The molecule has 22 heavy (non-hydrogen) atoms. The number of methoxy groups -OCH3 is 1. The molecule has 1 aromatic carbocycles. The van der Waals surface area contributed by atoms with Crippen LogP contribution >= 0.6 is 0 Å². The van der Waals surface area contributed by atoms with Crippen molar-refractivity contribution in [1.29, 1.82) is 0 Å². The Hall–Kier alpha value is -2.56. The van der Waals surface area contributed by atoms with Crippen molar-refractivity contribution in [3.05, 3.63) is 48.3 Å². The summed E-state index contributed by atoms with van der Waals surface area (Å²) >= 11 is 0. The Bertz CT molecular complexity index is 649. The number of rotatable bonds is 4. The van der Waals surface area contributed by atoms with Gasteiger partial charge < -0.3 is 15.0 Å². The summed E-state index contributed by atoms with van der Waals surface area (Å²) in [5.41, 5.74) is 2.21. The molecule has 0 radical (unpaired) electrons. The van der Waals surface area contributed by atoms with Gasteiger partial charge in [-0.3, -0.25) is 9.78 Å². The molecule has 2 heterocycles. The van der Waals surface area contributed by atoms with Crippen molar-refractivity contribution in [3.8, 4) is 5.75 Å². The van der Waals surface area contributed by atoms with Gasteiger partial charge in [0, 0.05) is 30.7 Å². The Labute approximate surface area is 129 Å². The van der Waals surface area contributed by atoms with Crippen molar-refractivity contribution in [2.75, 3.05) is 30.4 Å². The second kappa shape index (κ2) is 6.47. The molecular formula is C17H19N3O2. The first-order valence-corrected chi connectivity index (χ1v) is 7.43. The number of pyridine rings is 1. The summed E-state index contributed by atoms with van der Waals surface area (Å²) in [5, 5.41) is 2.85. The van der Waals surface area contributed by atoms with Gasteiger partial charge in [-0.2, -0.15) is 0 Å². The van der Waals surface area contributed by atoms with Gasteiger partial charge in [0.2, 0.25) is 0 Å². The molecule has 1 aromatic heterocycles. The fourth-order valence-electron chi connectivity index (χ4n) is 2.59. The zero-order chi connectivity index (χ0) is 15.4. The van der Waals surface area contributed by atoms with E-state index in [2.05, 4.69) is 15.2 Å². The number of carbonyl (C=O) groups is 1. The summed E-state index contributed by atoms with van der Waals surface area (Å²) < 4.78 is 5.10. The molecule has 0 spiro atoms. The van der Waals surface area contributed by atoms with E-state index in [4.69, 9.17) is 4.74 Å². The first-order valence-electron chi connectivity index (χ1n) is 7.43. The molecule has 0 atom stereocenters. The highest BCUT2D eigenvalue weighted by Gasteiger charge is 2.15. The molecule has 1 aliphatic heterocycles. The van der Waals surface area contributed by atoms with E-state index in [1.165, 1.54) is 12.8 Å². The third-order valence-corrected chi connectivity index (χ3v) is 3.80. The third kappa shape index (κ3) is 3.19. The quantitative estimate of drug-likeness (QED) is 0.942. The first kappa shape index (κ1) is 14.4. The van der Waals surface area contributed by atoms with Gasteiger partial charge in [0.25, 0.3) is 5.91 Å². The molecule has 0 saturated carbocycles. The number of benzene rings is 1. The molecule has 1 amide bonds. The number of nitrogens with zero attached hydrogens (tertiary/aromatic N) is 2. The summed E-state index contributed by atoms with van der Waals surface area (Å²) in [4.78, 5) is 18.8. The van der Waals surface area contributed by atoms with Gasteiger partial charge >= 0.3 is 0 Å². The summed E-state index contributed by atoms with van der Waals surface area (Å²) in [6.07, 6.45) is 4.10.